The number of fused-ring (bicyclic) bond motifs is 1. The summed E-state index contributed by atoms with van der Waals surface area (Å²) in [6.45, 7) is -0.164. The van der Waals surface area contributed by atoms with Crippen molar-refractivity contribution < 1.29 is 19.2 Å². The normalized spacial score (nSPS) is 11.9. The van der Waals surface area contributed by atoms with Gasteiger partial charge in [-0.15, -0.1) is 0 Å². The summed E-state index contributed by atoms with van der Waals surface area (Å²) in [5.41, 5.74) is -0.259. The lowest BCUT2D eigenvalue weighted by atomic mass is 10.1. The monoisotopic (exact) mass is 354 g/mol. The number of para-hydroxylation sites is 1. The Labute approximate surface area is 146 Å². The Bertz CT molecular complexity index is 1030. The summed E-state index contributed by atoms with van der Waals surface area (Å²) in [6.07, 6.45) is -1.08. The molecule has 0 saturated carbocycles. The van der Waals surface area contributed by atoms with Crippen molar-refractivity contribution >= 4 is 22.6 Å². The van der Waals surface area contributed by atoms with Crippen LogP contribution in [0.4, 0.5) is 5.69 Å². The van der Waals surface area contributed by atoms with Crippen molar-refractivity contribution in [2.45, 2.75) is 6.10 Å². The van der Waals surface area contributed by atoms with Gasteiger partial charge in [0.1, 0.15) is 11.1 Å². The molecule has 0 radical (unpaired) electrons. The van der Waals surface area contributed by atoms with Crippen LogP contribution in [0, 0.1) is 10.1 Å². The van der Waals surface area contributed by atoms with E-state index in [1.807, 2.05) is 0 Å². The molecule has 3 aromatic rings. The molecular formula is C18H14N2O6. The highest BCUT2D eigenvalue weighted by molar-refractivity contribution is 5.96. The van der Waals surface area contributed by atoms with Crippen molar-refractivity contribution in [3.8, 4) is 0 Å². The first-order chi connectivity index (χ1) is 12.5. The van der Waals surface area contributed by atoms with Gasteiger partial charge < -0.3 is 14.8 Å². The van der Waals surface area contributed by atoms with E-state index in [0.29, 0.717) is 16.5 Å². The molecule has 1 atom stereocenters. The Hall–Kier alpha value is -3.52. The quantitative estimate of drug-likeness (QED) is 0.411. The van der Waals surface area contributed by atoms with Gasteiger partial charge >= 0.3 is 5.63 Å². The Morgan fingerprint density at radius 1 is 1.19 bits per heavy atom. The van der Waals surface area contributed by atoms with Gasteiger partial charge in [0.15, 0.2) is 0 Å². The number of hydrogen-bond acceptors (Lipinski definition) is 6. The molecule has 0 aliphatic carbocycles. The van der Waals surface area contributed by atoms with Crippen molar-refractivity contribution in [2.24, 2.45) is 0 Å². The van der Waals surface area contributed by atoms with Crippen LogP contribution in [0.1, 0.15) is 22.0 Å². The molecule has 3 rings (SSSR count). The zero-order valence-corrected chi connectivity index (χ0v) is 13.4. The number of nitrogens with one attached hydrogen (secondary N) is 1. The van der Waals surface area contributed by atoms with Crippen molar-refractivity contribution in [2.75, 3.05) is 6.54 Å². The van der Waals surface area contributed by atoms with Crippen LogP contribution in [0.3, 0.4) is 0 Å². The van der Waals surface area contributed by atoms with Crippen LogP contribution < -0.4 is 10.9 Å². The van der Waals surface area contributed by atoms with Crippen molar-refractivity contribution in [3.63, 3.8) is 0 Å². The molecule has 8 heteroatoms. The van der Waals surface area contributed by atoms with Crippen LogP contribution in [0.5, 0.6) is 0 Å². The molecule has 2 aromatic carbocycles. The zero-order chi connectivity index (χ0) is 18.7. The number of amides is 1. The number of hydrogen-bond donors (Lipinski definition) is 2. The summed E-state index contributed by atoms with van der Waals surface area (Å²) in [5.74, 6) is -0.675. The standard InChI is InChI=1S/C18H14N2O6/c21-15(11-5-7-13(8-6-11)20(24)25)10-19-17(22)14-9-12-3-1-2-4-16(12)26-18(14)23/h1-9,15,21H,10H2,(H,19,22). The number of non-ortho nitro benzene ring substituents is 1. The number of nitro groups is 1. The van der Waals surface area contributed by atoms with Crippen LogP contribution in [0.2, 0.25) is 0 Å². The molecule has 1 aromatic heterocycles. The lowest BCUT2D eigenvalue weighted by molar-refractivity contribution is -0.384. The molecule has 0 aliphatic rings. The van der Waals surface area contributed by atoms with Gasteiger partial charge in [-0.2, -0.15) is 0 Å². The lowest BCUT2D eigenvalue weighted by Crippen LogP contribution is -2.31. The van der Waals surface area contributed by atoms with Gasteiger partial charge in [-0.05, 0) is 29.8 Å². The van der Waals surface area contributed by atoms with E-state index in [1.54, 1.807) is 24.3 Å². The van der Waals surface area contributed by atoms with E-state index in [0.717, 1.165) is 0 Å². The fourth-order valence-corrected chi connectivity index (χ4v) is 2.44. The average Bonchev–Trinajstić information content (AvgIpc) is 2.65. The molecule has 1 heterocycles. The summed E-state index contributed by atoms with van der Waals surface area (Å²) in [7, 11) is 0. The SMILES string of the molecule is O=C(NCC(O)c1ccc([N+](=O)[O-])cc1)c1cc2ccccc2oc1=O. The molecule has 1 amide bonds. The molecule has 8 nitrogen and oxygen atoms in total. The third-order valence-corrected chi connectivity index (χ3v) is 3.83. The van der Waals surface area contributed by atoms with Gasteiger partial charge in [0.05, 0.1) is 11.0 Å². The molecule has 0 fully saturated rings. The van der Waals surface area contributed by atoms with Gasteiger partial charge in [0.2, 0.25) is 0 Å². The lowest BCUT2D eigenvalue weighted by Gasteiger charge is -2.12. The van der Waals surface area contributed by atoms with Crippen LogP contribution in [0.25, 0.3) is 11.0 Å². The highest BCUT2D eigenvalue weighted by Gasteiger charge is 2.16. The van der Waals surface area contributed by atoms with E-state index in [2.05, 4.69) is 5.32 Å². The number of rotatable bonds is 5. The van der Waals surface area contributed by atoms with Gasteiger partial charge in [-0.1, -0.05) is 18.2 Å². The number of aliphatic hydroxyl groups is 1. The number of benzene rings is 2. The molecule has 0 bridgehead atoms. The van der Waals surface area contributed by atoms with Crippen LogP contribution in [0.15, 0.2) is 63.8 Å². The van der Waals surface area contributed by atoms with Crippen LogP contribution >= 0.6 is 0 Å². The summed E-state index contributed by atoms with van der Waals surface area (Å²) in [4.78, 5) is 34.2. The van der Waals surface area contributed by atoms with Gasteiger partial charge in [0, 0.05) is 24.1 Å². The average molecular weight is 354 g/mol. The molecule has 0 spiro atoms. The zero-order valence-electron chi connectivity index (χ0n) is 13.4. The number of aliphatic hydroxyl groups excluding tert-OH is 1. The minimum absolute atomic E-state index is 0.0984. The first kappa shape index (κ1) is 17.3. The number of carbonyl (C=O) groups is 1. The summed E-state index contributed by atoms with van der Waals surface area (Å²) >= 11 is 0. The minimum atomic E-state index is -1.08. The third kappa shape index (κ3) is 3.60. The molecule has 132 valence electrons. The molecule has 0 aliphatic heterocycles. The highest BCUT2D eigenvalue weighted by Crippen LogP contribution is 2.17. The molecule has 2 N–H and O–H groups in total. The molecular weight excluding hydrogens is 340 g/mol. The molecule has 26 heavy (non-hydrogen) atoms. The second-order valence-corrected chi connectivity index (χ2v) is 5.56. The van der Waals surface area contributed by atoms with Crippen LogP contribution in [-0.2, 0) is 0 Å². The highest BCUT2D eigenvalue weighted by atomic mass is 16.6. The second kappa shape index (κ2) is 7.16. The van der Waals surface area contributed by atoms with Gasteiger partial charge in [-0.25, -0.2) is 4.79 Å². The van der Waals surface area contributed by atoms with Crippen molar-refractivity contribution in [1.82, 2.24) is 5.32 Å². The number of nitro benzene ring substituents is 1. The van der Waals surface area contributed by atoms with Crippen LogP contribution in [-0.4, -0.2) is 22.5 Å². The van der Waals surface area contributed by atoms with E-state index < -0.39 is 22.6 Å². The van der Waals surface area contributed by atoms with E-state index in [1.165, 1.54) is 30.3 Å². The minimum Gasteiger partial charge on any atom is -0.422 e. The molecule has 0 saturated heterocycles. The fraction of sp³-hybridized carbons (Fsp3) is 0.111. The number of carbonyl (C=O) groups excluding carboxylic acids is 1. The topological polar surface area (TPSA) is 123 Å². The van der Waals surface area contributed by atoms with Gasteiger partial charge in [-0.3, -0.25) is 14.9 Å². The maximum atomic E-state index is 12.2. The predicted octanol–water partition coefficient (Wildman–Crippen LogP) is 2.16. The van der Waals surface area contributed by atoms with Gasteiger partial charge in [0.25, 0.3) is 11.6 Å². The Balaban J connectivity index is 1.71. The Kier molecular flexibility index (Phi) is 4.76. The first-order valence-electron chi connectivity index (χ1n) is 7.69. The van der Waals surface area contributed by atoms with Crippen molar-refractivity contribution in [1.29, 1.82) is 0 Å². The second-order valence-electron chi connectivity index (χ2n) is 5.56. The molecule has 1 unspecified atom stereocenters. The Morgan fingerprint density at radius 2 is 1.88 bits per heavy atom. The maximum Gasteiger partial charge on any atom is 0.349 e. The third-order valence-electron chi connectivity index (χ3n) is 3.83. The smallest absolute Gasteiger partial charge is 0.349 e. The van der Waals surface area contributed by atoms with E-state index in [-0.39, 0.29) is 17.8 Å². The summed E-state index contributed by atoms with van der Waals surface area (Å²) < 4.78 is 5.10. The largest absolute Gasteiger partial charge is 0.422 e. The fourth-order valence-electron chi connectivity index (χ4n) is 2.44. The Morgan fingerprint density at radius 3 is 2.58 bits per heavy atom. The first-order valence-corrected chi connectivity index (χ1v) is 7.69. The maximum absolute atomic E-state index is 12.2. The van der Waals surface area contributed by atoms with E-state index in [9.17, 15) is 24.8 Å². The number of nitrogens with zero attached hydrogens (tertiary/aromatic N) is 1. The summed E-state index contributed by atoms with van der Waals surface area (Å²) in [6, 6.07) is 13.6. The predicted molar refractivity (Wildman–Crippen MR) is 92.9 cm³/mol. The van der Waals surface area contributed by atoms with Crippen molar-refractivity contribution in [3.05, 3.63) is 86.3 Å². The van der Waals surface area contributed by atoms with E-state index in [4.69, 9.17) is 4.42 Å². The van der Waals surface area contributed by atoms with E-state index >= 15 is 0 Å². The summed E-state index contributed by atoms with van der Waals surface area (Å²) in [5, 5.41) is 23.8.